The van der Waals surface area contributed by atoms with Gasteiger partial charge in [0.2, 0.25) is 0 Å². The molecule has 0 saturated carbocycles. The third-order valence-electron chi connectivity index (χ3n) is 3.05. The van der Waals surface area contributed by atoms with E-state index < -0.39 is 0 Å². The van der Waals surface area contributed by atoms with Gasteiger partial charge in [-0.15, -0.1) is 0 Å². The van der Waals surface area contributed by atoms with Crippen LogP contribution in [0.25, 0.3) is 0 Å². The number of ether oxygens (including phenoxy) is 2. The number of rotatable bonds is 4. The molecule has 2 unspecified atom stereocenters. The molecular formula is C13H19NO3. The van der Waals surface area contributed by atoms with E-state index in [9.17, 15) is 5.11 Å². The molecule has 1 aromatic carbocycles. The fourth-order valence-corrected chi connectivity index (χ4v) is 2.04. The van der Waals surface area contributed by atoms with Gasteiger partial charge in [0.05, 0.1) is 25.9 Å². The summed E-state index contributed by atoms with van der Waals surface area (Å²) < 4.78 is 11.1. The van der Waals surface area contributed by atoms with Crippen molar-refractivity contribution in [3.8, 4) is 5.75 Å². The molecule has 2 atom stereocenters. The van der Waals surface area contributed by atoms with Crippen molar-refractivity contribution in [1.82, 2.24) is 5.32 Å². The normalized spacial score (nSPS) is 22.3. The summed E-state index contributed by atoms with van der Waals surface area (Å²) in [6, 6.07) is 7.52. The van der Waals surface area contributed by atoms with Crippen molar-refractivity contribution < 1.29 is 14.6 Å². The molecule has 0 bridgehead atoms. The quantitative estimate of drug-likeness (QED) is 0.818. The maximum absolute atomic E-state index is 9.24. The second-order valence-corrected chi connectivity index (χ2v) is 4.25. The Morgan fingerprint density at radius 2 is 2.12 bits per heavy atom. The van der Waals surface area contributed by atoms with Crippen LogP contribution in [0.5, 0.6) is 5.75 Å². The monoisotopic (exact) mass is 237 g/mol. The van der Waals surface area contributed by atoms with Gasteiger partial charge in [-0.3, -0.25) is 0 Å². The van der Waals surface area contributed by atoms with Crippen molar-refractivity contribution in [2.75, 3.05) is 26.9 Å². The first-order valence-corrected chi connectivity index (χ1v) is 5.94. The summed E-state index contributed by atoms with van der Waals surface area (Å²) in [5.41, 5.74) is 1.18. The summed E-state index contributed by atoms with van der Waals surface area (Å²) in [4.78, 5) is 0. The number of hydrogen-bond acceptors (Lipinski definition) is 4. The number of hydrogen-bond donors (Lipinski definition) is 2. The van der Waals surface area contributed by atoms with Crippen molar-refractivity contribution in [2.45, 2.75) is 18.6 Å². The smallest absolute Gasteiger partial charge is 0.115 e. The first-order chi connectivity index (χ1) is 8.29. The highest BCUT2D eigenvalue weighted by Gasteiger charge is 2.23. The molecule has 0 amide bonds. The molecule has 17 heavy (non-hydrogen) atoms. The largest absolute Gasteiger partial charge is 0.508 e. The van der Waals surface area contributed by atoms with E-state index in [1.165, 1.54) is 5.56 Å². The first kappa shape index (κ1) is 12.4. The predicted octanol–water partition coefficient (Wildman–Crippen LogP) is 0.938. The van der Waals surface area contributed by atoms with E-state index in [0.29, 0.717) is 25.6 Å². The molecule has 2 N–H and O–H groups in total. The fourth-order valence-electron chi connectivity index (χ4n) is 2.04. The van der Waals surface area contributed by atoms with Crippen LogP contribution < -0.4 is 5.32 Å². The van der Waals surface area contributed by atoms with Gasteiger partial charge in [-0.25, -0.2) is 0 Å². The maximum Gasteiger partial charge on any atom is 0.115 e. The van der Waals surface area contributed by atoms with Gasteiger partial charge < -0.3 is 19.9 Å². The summed E-state index contributed by atoms with van der Waals surface area (Å²) >= 11 is 0. The summed E-state index contributed by atoms with van der Waals surface area (Å²) in [6.45, 7) is 1.99. The van der Waals surface area contributed by atoms with Crippen LogP contribution in [0.2, 0.25) is 0 Å². The van der Waals surface area contributed by atoms with Gasteiger partial charge in [0.15, 0.2) is 0 Å². The first-order valence-electron chi connectivity index (χ1n) is 5.94. The number of benzene rings is 1. The molecule has 4 heteroatoms. The van der Waals surface area contributed by atoms with Crippen LogP contribution in [-0.4, -0.2) is 44.1 Å². The lowest BCUT2D eigenvalue weighted by Gasteiger charge is -2.30. The van der Waals surface area contributed by atoms with E-state index in [4.69, 9.17) is 9.47 Å². The second-order valence-electron chi connectivity index (χ2n) is 4.25. The fraction of sp³-hybridized carbons (Fsp3) is 0.538. The topological polar surface area (TPSA) is 50.7 Å². The van der Waals surface area contributed by atoms with Crippen LogP contribution in [0.3, 0.4) is 0 Å². The molecule has 0 aromatic heterocycles. The van der Waals surface area contributed by atoms with E-state index in [1.807, 2.05) is 19.2 Å². The summed E-state index contributed by atoms with van der Waals surface area (Å²) in [7, 11) is 1.93. The minimum atomic E-state index is 0.0996. The highest BCUT2D eigenvalue weighted by molar-refractivity contribution is 5.26. The molecular weight excluding hydrogens is 218 g/mol. The zero-order chi connectivity index (χ0) is 12.1. The van der Waals surface area contributed by atoms with Gasteiger partial charge in [0.25, 0.3) is 0 Å². The van der Waals surface area contributed by atoms with Gasteiger partial charge in [0, 0.05) is 6.04 Å². The van der Waals surface area contributed by atoms with Crippen LogP contribution in [0.4, 0.5) is 0 Å². The number of phenols is 1. The van der Waals surface area contributed by atoms with Crippen molar-refractivity contribution in [2.24, 2.45) is 0 Å². The molecule has 94 valence electrons. The van der Waals surface area contributed by atoms with Crippen molar-refractivity contribution in [3.63, 3.8) is 0 Å². The Hall–Kier alpha value is -1.10. The van der Waals surface area contributed by atoms with Crippen molar-refractivity contribution in [1.29, 1.82) is 0 Å². The predicted molar refractivity (Wildman–Crippen MR) is 65.2 cm³/mol. The zero-order valence-corrected chi connectivity index (χ0v) is 10.1. The molecule has 0 radical (unpaired) electrons. The molecule has 1 fully saturated rings. The molecule has 4 nitrogen and oxygen atoms in total. The Kier molecular flexibility index (Phi) is 4.36. The molecule has 0 aliphatic carbocycles. The van der Waals surface area contributed by atoms with Gasteiger partial charge >= 0.3 is 0 Å². The third-order valence-corrected chi connectivity index (χ3v) is 3.05. The molecule has 1 aliphatic rings. The number of nitrogens with one attached hydrogen (secondary N) is 1. The van der Waals surface area contributed by atoms with Crippen LogP contribution >= 0.6 is 0 Å². The van der Waals surface area contributed by atoms with E-state index in [0.717, 1.165) is 6.42 Å². The van der Waals surface area contributed by atoms with Crippen molar-refractivity contribution in [3.05, 3.63) is 29.8 Å². The minimum absolute atomic E-state index is 0.0996. The van der Waals surface area contributed by atoms with Crippen LogP contribution in [0.15, 0.2) is 24.3 Å². The van der Waals surface area contributed by atoms with Crippen LogP contribution in [-0.2, 0) is 15.9 Å². The molecule has 1 aromatic rings. The number of aromatic hydroxyl groups is 1. The zero-order valence-electron chi connectivity index (χ0n) is 10.1. The molecule has 1 heterocycles. The Balaban J connectivity index is 1.96. The maximum atomic E-state index is 9.24. The SMILES string of the molecule is CNC(Cc1ccc(O)cc1)C1COCCO1. The van der Waals surface area contributed by atoms with Crippen LogP contribution in [0.1, 0.15) is 5.56 Å². The standard InChI is InChI=1S/C13H19NO3/c1-14-12(13-9-16-6-7-17-13)8-10-2-4-11(15)5-3-10/h2-5,12-15H,6-9H2,1H3. The van der Waals surface area contributed by atoms with Gasteiger partial charge in [-0.05, 0) is 31.2 Å². The second kappa shape index (κ2) is 6.00. The lowest BCUT2D eigenvalue weighted by molar-refractivity contribution is -0.100. The molecule has 1 saturated heterocycles. The highest BCUT2D eigenvalue weighted by atomic mass is 16.6. The molecule has 1 aliphatic heterocycles. The Bertz CT molecular complexity index is 333. The molecule has 0 spiro atoms. The Morgan fingerprint density at radius 1 is 1.35 bits per heavy atom. The van der Waals surface area contributed by atoms with Gasteiger partial charge in [-0.2, -0.15) is 0 Å². The van der Waals surface area contributed by atoms with Gasteiger partial charge in [-0.1, -0.05) is 12.1 Å². The van der Waals surface area contributed by atoms with Gasteiger partial charge in [0.1, 0.15) is 5.75 Å². The molecule has 2 rings (SSSR count). The average Bonchev–Trinajstić information content (AvgIpc) is 2.39. The van der Waals surface area contributed by atoms with E-state index >= 15 is 0 Å². The van der Waals surface area contributed by atoms with E-state index in [-0.39, 0.29) is 12.1 Å². The summed E-state index contributed by atoms with van der Waals surface area (Å²) in [5.74, 6) is 0.298. The van der Waals surface area contributed by atoms with Crippen molar-refractivity contribution >= 4 is 0 Å². The Morgan fingerprint density at radius 3 is 2.71 bits per heavy atom. The lowest BCUT2D eigenvalue weighted by Crippen LogP contribution is -2.46. The lowest BCUT2D eigenvalue weighted by atomic mass is 10.0. The van der Waals surface area contributed by atoms with E-state index in [2.05, 4.69) is 5.32 Å². The third kappa shape index (κ3) is 3.43. The minimum Gasteiger partial charge on any atom is -0.508 e. The summed E-state index contributed by atoms with van der Waals surface area (Å²) in [5, 5.41) is 12.5. The number of likely N-dealkylation sites (N-methyl/N-ethyl adjacent to an activating group) is 1. The highest BCUT2D eigenvalue weighted by Crippen LogP contribution is 2.14. The summed E-state index contributed by atoms with van der Waals surface area (Å²) in [6.07, 6.45) is 0.965. The van der Waals surface area contributed by atoms with E-state index in [1.54, 1.807) is 12.1 Å². The Labute approximate surface area is 102 Å². The number of phenolic OH excluding ortho intramolecular Hbond substituents is 1. The average molecular weight is 237 g/mol. The van der Waals surface area contributed by atoms with Crippen LogP contribution in [0, 0.1) is 0 Å².